The Hall–Kier alpha value is -2.31. The van der Waals surface area contributed by atoms with Crippen LogP contribution in [0.15, 0.2) is 47.5 Å². The van der Waals surface area contributed by atoms with Gasteiger partial charge in [0.1, 0.15) is 5.02 Å². The van der Waals surface area contributed by atoms with E-state index < -0.39 is 0 Å². The summed E-state index contributed by atoms with van der Waals surface area (Å²) in [4.78, 5) is 12.5. The zero-order chi connectivity index (χ0) is 18.8. The summed E-state index contributed by atoms with van der Waals surface area (Å²) in [6.45, 7) is 0.478. The molecule has 1 aliphatic carbocycles. The van der Waals surface area contributed by atoms with Gasteiger partial charge in [-0.3, -0.25) is 9.48 Å². The Morgan fingerprint density at radius 1 is 1.11 bits per heavy atom. The number of nitrogens with zero attached hydrogens (tertiary/aromatic N) is 4. The van der Waals surface area contributed by atoms with Crippen LogP contribution >= 0.6 is 23.2 Å². The average molecular weight is 404 g/mol. The first-order chi connectivity index (χ1) is 13.1. The van der Waals surface area contributed by atoms with Crippen molar-refractivity contribution in [2.24, 2.45) is 0 Å². The highest BCUT2D eigenvalue weighted by Gasteiger charge is 2.17. The molecule has 6 nitrogen and oxygen atoms in total. The van der Waals surface area contributed by atoms with Gasteiger partial charge in [-0.15, -0.1) is 0 Å². The topological polar surface area (TPSA) is 64.7 Å². The number of benzene rings is 1. The summed E-state index contributed by atoms with van der Waals surface area (Å²) in [5.74, 6) is 0. The first-order valence-electron chi connectivity index (χ1n) is 8.93. The maximum atomic E-state index is 12.5. The second-order valence-corrected chi connectivity index (χ2v) is 7.46. The molecule has 0 unspecified atom stereocenters. The van der Waals surface area contributed by atoms with Crippen LogP contribution in [0.2, 0.25) is 10.0 Å². The minimum Gasteiger partial charge on any atom is -0.377 e. The Bertz CT molecular complexity index is 990. The molecule has 1 aliphatic rings. The molecule has 2 heterocycles. The largest absolute Gasteiger partial charge is 0.377 e. The average Bonchev–Trinajstić information content (AvgIpc) is 3.35. The van der Waals surface area contributed by atoms with Gasteiger partial charge in [-0.25, -0.2) is 0 Å². The minimum absolute atomic E-state index is 0.0928. The molecule has 0 spiro atoms. The summed E-state index contributed by atoms with van der Waals surface area (Å²) in [7, 11) is 0. The summed E-state index contributed by atoms with van der Waals surface area (Å²) in [6, 6.07) is 9.33. The van der Waals surface area contributed by atoms with E-state index in [2.05, 4.69) is 15.5 Å². The van der Waals surface area contributed by atoms with Crippen LogP contribution in [0.1, 0.15) is 37.4 Å². The van der Waals surface area contributed by atoms with Crippen LogP contribution in [-0.2, 0) is 6.54 Å². The fourth-order valence-electron chi connectivity index (χ4n) is 3.35. The molecule has 1 aromatic carbocycles. The van der Waals surface area contributed by atoms with Crippen molar-refractivity contribution in [2.45, 2.75) is 38.3 Å². The smallest absolute Gasteiger partial charge is 0.292 e. The van der Waals surface area contributed by atoms with Crippen molar-refractivity contribution in [3.63, 3.8) is 0 Å². The van der Waals surface area contributed by atoms with Gasteiger partial charge in [-0.2, -0.15) is 14.9 Å². The molecule has 0 atom stereocenters. The van der Waals surface area contributed by atoms with E-state index in [-0.39, 0.29) is 10.6 Å². The van der Waals surface area contributed by atoms with Gasteiger partial charge < -0.3 is 5.32 Å². The molecule has 0 saturated heterocycles. The monoisotopic (exact) mass is 403 g/mol. The molecule has 27 heavy (non-hydrogen) atoms. The van der Waals surface area contributed by atoms with Crippen molar-refractivity contribution < 1.29 is 0 Å². The number of halogens is 2. The Morgan fingerprint density at radius 2 is 1.85 bits per heavy atom. The van der Waals surface area contributed by atoms with Crippen LogP contribution in [0.25, 0.3) is 5.69 Å². The molecule has 140 valence electrons. The van der Waals surface area contributed by atoms with Crippen LogP contribution in [0.5, 0.6) is 0 Å². The highest BCUT2D eigenvalue weighted by atomic mass is 35.5. The fourth-order valence-corrected chi connectivity index (χ4v) is 3.67. The Morgan fingerprint density at radius 3 is 2.59 bits per heavy atom. The molecule has 1 fully saturated rings. The highest BCUT2D eigenvalue weighted by Crippen LogP contribution is 2.28. The van der Waals surface area contributed by atoms with Crippen LogP contribution < -0.4 is 10.9 Å². The van der Waals surface area contributed by atoms with Gasteiger partial charge in [0.05, 0.1) is 35.9 Å². The predicted octanol–water partition coefficient (Wildman–Crippen LogP) is 4.46. The summed E-state index contributed by atoms with van der Waals surface area (Å²) in [6.07, 6.45) is 8.48. The molecular formula is C19H19Cl2N5O. The third kappa shape index (κ3) is 3.87. The molecule has 0 radical (unpaired) electrons. The summed E-state index contributed by atoms with van der Waals surface area (Å²) >= 11 is 12.2. The fraction of sp³-hybridized carbons (Fsp3) is 0.316. The zero-order valence-electron chi connectivity index (χ0n) is 14.6. The van der Waals surface area contributed by atoms with E-state index in [1.165, 1.54) is 30.4 Å². The molecule has 0 amide bonds. The van der Waals surface area contributed by atoms with Crippen molar-refractivity contribution in [2.75, 3.05) is 5.32 Å². The number of hydrogen-bond acceptors (Lipinski definition) is 4. The standard InChI is InChI=1S/C19H19Cl2N5O/c20-13-5-7-16(8-6-13)26-19(27)18(21)17(12-23-26)22-11-14-9-10-25(24-14)15-3-1-2-4-15/h5-10,12,15,22H,1-4,11H2. The first kappa shape index (κ1) is 18.1. The van der Waals surface area contributed by atoms with Crippen LogP contribution in [0.3, 0.4) is 0 Å². The lowest BCUT2D eigenvalue weighted by Gasteiger charge is -2.10. The number of nitrogens with one attached hydrogen (secondary N) is 1. The van der Waals surface area contributed by atoms with E-state index >= 15 is 0 Å². The number of aromatic nitrogens is 4. The van der Waals surface area contributed by atoms with Crippen LogP contribution in [-0.4, -0.2) is 19.6 Å². The lowest BCUT2D eigenvalue weighted by molar-refractivity contribution is 0.463. The summed E-state index contributed by atoms with van der Waals surface area (Å²) in [5, 5.41) is 12.7. The lowest BCUT2D eigenvalue weighted by Crippen LogP contribution is -2.22. The lowest BCUT2D eigenvalue weighted by atomic mass is 10.3. The number of rotatable bonds is 5. The quantitative estimate of drug-likeness (QED) is 0.682. The third-order valence-corrected chi connectivity index (χ3v) is 5.43. The second-order valence-electron chi connectivity index (χ2n) is 6.64. The van der Waals surface area contributed by atoms with E-state index in [1.54, 1.807) is 30.5 Å². The predicted molar refractivity (Wildman–Crippen MR) is 107 cm³/mol. The Balaban J connectivity index is 1.49. The Labute approximate surface area is 166 Å². The molecular weight excluding hydrogens is 385 g/mol. The normalized spacial score (nSPS) is 14.6. The van der Waals surface area contributed by atoms with Crippen molar-refractivity contribution in [1.82, 2.24) is 19.6 Å². The highest BCUT2D eigenvalue weighted by molar-refractivity contribution is 6.33. The van der Waals surface area contributed by atoms with E-state index in [9.17, 15) is 4.79 Å². The van der Waals surface area contributed by atoms with Gasteiger partial charge >= 0.3 is 0 Å². The van der Waals surface area contributed by atoms with Gasteiger partial charge in [0.2, 0.25) is 0 Å². The van der Waals surface area contributed by atoms with Gasteiger partial charge in [0.25, 0.3) is 5.56 Å². The van der Waals surface area contributed by atoms with Gasteiger partial charge in [-0.1, -0.05) is 36.0 Å². The Kier molecular flexibility index (Phi) is 5.18. The molecule has 3 aromatic rings. The molecule has 4 rings (SSSR count). The zero-order valence-corrected chi connectivity index (χ0v) is 16.1. The number of hydrogen-bond donors (Lipinski definition) is 1. The van der Waals surface area contributed by atoms with Crippen LogP contribution in [0.4, 0.5) is 5.69 Å². The third-order valence-electron chi connectivity index (χ3n) is 4.81. The molecule has 8 heteroatoms. The minimum atomic E-state index is -0.388. The first-order valence-corrected chi connectivity index (χ1v) is 9.69. The molecule has 1 saturated carbocycles. The van der Waals surface area contributed by atoms with Crippen molar-refractivity contribution in [3.8, 4) is 5.69 Å². The van der Waals surface area contributed by atoms with E-state index in [0.717, 1.165) is 5.69 Å². The van der Waals surface area contributed by atoms with Gasteiger partial charge in [0, 0.05) is 11.2 Å². The molecule has 1 N–H and O–H groups in total. The summed E-state index contributed by atoms with van der Waals surface area (Å²) < 4.78 is 3.29. The molecule has 0 aliphatic heterocycles. The van der Waals surface area contributed by atoms with Crippen LogP contribution in [0, 0.1) is 0 Å². The van der Waals surface area contributed by atoms with Crippen molar-refractivity contribution in [3.05, 3.63) is 68.8 Å². The van der Waals surface area contributed by atoms with Crippen molar-refractivity contribution >= 4 is 28.9 Å². The van der Waals surface area contributed by atoms with E-state index in [1.807, 2.05) is 16.9 Å². The van der Waals surface area contributed by atoms with E-state index in [4.69, 9.17) is 23.2 Å². The maximum Gasteiger partial charge on any atom is 0.292 e. The molecule has 0 bridgehead atoms. The second kappa shape index (κ2) is 7.74. The SMILES string of the molecule is O=c1c(Cl)c(NCc2ccn(C3CCCC3)n2)cnn1-c1ccc(Cl)cc1. The van der Waals surface area contributed by atoms with Gasteiger partial charge in [0.15, 0.2) is 0 Å². The summed E-state index contributed by atoms with van der Waals surface area (Å²) in [5.41, 5.74) is 1.61. The van der Waals surface area contributed by atoms with E-state index in [0.29, 0.717) is 29.0 Å². The van der Waals surface area contributed by atoms with Crippen molar-refractivity contribution in [1.29, 1.82) is 0 Å². The number of anilines is 1. The maximum absolute atomic E-state index is 12.5. The molecule has 2 aromatic heterocycles. The van der Waals surface area contributed by atoms with Gasteiger partial charge in [-0.05, 0) is 43.2 Å².